The number of carbonyl (C=O) groups is 1. The molecule has 0 bridgehead atoms. The Morgan fingerprint density at radius 2 is 2.11 bits per heavy atom. The Hall–Kier alpha value is -3.03. The summed E-state index contributed by atoms with van der Waals surface area (Å²) in [5.41, 5.74) is 1.86. The van der Waals surface area contributed by atoms with Gasteiger partial charge in [0.1, 0.15) is 17.2 Å². The van der Waals surface area contributed by atoms with Crippen molar-refractivity contribution in [2.24, 2.45) is 0 Å². The number of rotatable bonds is 4. The molecule has 0 aromatic carbocycles. The van der Waals surface area contributed by atoms with Crippen molar-refractivity contribution in [1.82, 2.24) is 24.9 Å². The molecule has 0 radical (unpaired) electrons. The van der Waals surface area contributed by atoms with Gasteiger partial charge in [0, 0.05) is 25.0 Å². The molecule has 5 rings (SSSR count). The van der Waals surface area contributed by atoms with Gasteiger partial charge in [-0.1, -0.05) is 0 Å². The van der Waals surface area contributed by atoms with Crippen LogP contribution in [0.15, 0.2) is 36.9 Å². The van der Waals surface area contributed by atoms with Crippen molar-refractivity contribution in [3.8, 4) is 0 Å². The molecule has 1 N–H and O–H groups in total. The van der Waals surface area contributed by atoms with Crippen LogP contribution in [0.1, 0.15) is 47.6 Å². The smallest absolute Gasteiger partial charge is 0.256 e. The molecule has 3 aromatic rings. The molecule has 1 atom stereocenters. The SMILES string of the molecule is O=C(NC1CC1)c1cnn2ccc(N3CCC[C@H]3c3cncc(F)c3)nc12. The van der Waals surface area contributed by atoms with E-state index in [9.17, 15) is 9.18 Å². The number of amides is 1. The van der Waals surface area contributed by atoms with Crippen molar-refractivity contribution >= 4 is 17.4 Å². The highest BCUT2D eigenvalue weighted by Crippen LogP contribution is 2.35. The Labute approximate surface area is 155 Å². The molecule has 138 valence electrons. The monoisotopic (exact) mass is 366 g/mol. The van der Waals surface area contributed by atoms with Gasteiger partial charge in [0.05, 0.1) is 18.4 Å². The maximum absolute atomic E-state index is 13.6. The van der Waals surface area contributed by atoms with Gasteiger partial charge in [0.25, 0.3) is 5.91 Å². The van der Waals surface area contributed by atoms with Gasteiger partial charge in [0.15, 0.2) is 5.65 Å². The second-order valence-electron chi connectivity index (χ2n) is 7.15. The minimum absolute atomic E-state index is 0.0230. The molecule has 0 unspecified atom stereocenters. The van der Waals surface area contributed by atoms with Gasteiger partial charge in [0.2, 0.25) is 0 Å². The van der Waals surface area contributed by atoms with Crippen LogP contribution in [0.2, 0.25) is 0 Å². The quantitative estimate of drug-likeness (QED) is 0.768. The maximum atomic E-state index is 13.6. The number of carbonyl (C=O) groups excluding carboxylic acids is 1. The number of fused-ring (bicyclic) bond motifs is 1. The first-order valence-corrected chi connectivity index (χ1v) is 9.21. The van der Waals surface area contributed by atoms with Crippen LogP contribution < -0.4 is 10.2 Å². The van der Waals surface area contributed by atoms with E-state index in [4.69, 9.17) is 4.98 Å². The topological polar surface area (TPSA) is 75.4 Å². The summed E-state index contributed by atoms with van der Waals surface area (Å²) in [4.78, 5) is 23.3. The van der Waals surface area contributed by atoms with Gasteiger partial charge in [-0.3, -0.25) is 9.78 Å². The molecular weight excluding hydrogens is 347 g/mol. The third kappa shape index (κ3) is 3.01. The third-order valence-electron chi connectivity index (χ3n) is 5.17. The number of hydrogen-bond donors (Lipinski definition) is 1. The van der Waals surface area contributed by atoms with Crippen molar-refractivity contribution in [1.29, 1.82) is 0 Å². The van der Waals surface area contributed by atoms with Gasteiger partial charge in [-0.2, -0.15) is 5.10 Å². The fourth-order valence-electron chi connectivity index (χ4n) is 3.67. The Balaban J connectivity index is 1.49. The number of nitrogens with one attached hydrogen (secondary N) is 1. The summed E-state index contributed by atoms with van der Waals surface area (Å²) in [5, 5.41) is 7.22. The summed E-state index contributed by atoms with van der Waals surface area (Å²) in [6.07, 6.45) is 10.2. The molecule has 1 aliphatic carbocycles. The second-order valence-corrected chi connectivity index (χ2v) is 7.15. The molecule has 1 saturated carbocycles. The number of halogens is 1. The van der Waals surface area contributed by atoms with E-state index >= 15 is 0 Å². The number of anilines is 1. The summed E-state index contributed by atoms with van der Waals surface area (Å²) in [7, 11) is 0. The molecule has 0 spiro atoms. The van der Waals surface area contributed by atoms with Gasteiger partial charge < -0.3 is 10.2 Å². The molecule has 7 nitrogen and oxygen atoms in total. The lowest BCUT2D eigenvalue weighted by Gasteiger charge is -2.26. The molecule has 3 aromatic heterocycles. The molecular formula is C19H19FN6O. The predicted octanol–water partition coefficient (Wildman–Crippen LogP) is 2.50. The molecule has 27 heavy (non-hydrogen) atoms. The van der Waals surface area contributed by atoms with Crippen LogP contribution in [0.3, 0.4) is 0 Å². The third-order valence-corrected chi connectivity index (χ3v) is 5.17. The average molecular weight is 366 g/mol. The molecule has 2 fully saturated rings. The van der Waals surface area contributed by atoms with E-state index in [1.807, 2.05) is 12.3 Å². The molecule has 1 saturated heterocycles. The highest BCUT2D eigenvalue weighted by atomic mass is 19.1. The number of hydrogen-bond acceptors (Lipinski definition) is 5. The van der Waals surface area contributed by atoms with E-state index in [2.05, 4.69) is 20.3 Å². The van der Waals surface area contributed by atoms with Crippen molar-refractivity contribution in [3.05, 3.63) is 53.9 Å². The minimum atomic E-state index is -0.336. The highest BCUT2D eigenvalue weighted by molar-refractivity contribution is 6.00. The van der Waals surface area contributed by atoms with Gasteiger partial charge in [-0.05, 0) is 43.4 Å². The molecule has 8 heteroatoms. The number of pyridine rings is 1. The predicted molar refractivity (Wildman–Crippen MR) is 97.0 cm³/mol. The zero-order chi connectivity index (χ0) is 18.4. The minimum Gasteiger partial charge on any atom is -0.349 e. The molecule has 4 heterocycles. The fourth-order valence-corrected chi connectivity index (χ4v) is 3.67. The van der Waals surface area contributed by atoms with Gasteiger partial charge in [-0.25, -0.2) is 13.9 Å². The van der Waals surface area contributed by atoms with Crippen molar-refractivity contribution in [2.45, 2.75) is 37.8 Å². The van der Waals surface area contributed by atoms with Crippen LogP contribution in [0.4, 0.5) is 10.2 Å². The molecule has 2 aliphatic rings. The zero-order valence-electron chi connectivity index (χ0n) is 14.7. The van der Waals surface area contributed by atoms with E-state index in [0.717, 1.165) is 43.6 Å². The van der Waals surface area contributed by atoms with Crippen LogP contribution >= 0.6 is 0 Å². The first kappa shape index (κ1) is 16.2. The summed E-state index contributed by atoms with van der Waals surface area (Å²) >= 11 is 0. The number of aromatic nitrogens is 4. The standard InChI is InChI=1S/C19H19FN6O/c20-13-8-12(9-21-10-13)16-2-1-6-25(16)17-5-7-26-18(24-17)15(11-22-26)19(27)23-14-3-4-14/h5,7-11,14,16H,1-4,6H2,(H,23,27)/t16-/m0/s1. The van der Waals surface area contributed by atoms with Crippen LogP contribution in [0.25, 0.3) is 5.65 Å². The number of nitrogens with zero attached hydrogens (tertiary/aromatic N) is 5. The van der Waals surface area contributed by atoms with Crippen LogP contribution in [-0.2, 0) is 0 Å². The van der Waals surface area contributed by atoms with E-state index in [1.165, 1.54) is 12.3 Å². The lowest BCUT2D eigenvalue weighted by Crippen LogP contribution is -2.26. The summed E-state index contributed by atoms with van der Waals surface area (Å²) in [6.45, 7) is 0.822. The lowest BCUT2D eigenvalue weighted by molar-refractivity contribution is 0.0952. The lowest BCUT2D eigenvalue weighted by atomic mass is 10.1. The first-order valence-electron chi connectivity index (χ1n) is 9.21. The second kappa shape index (κ2) is 6.29. The Morgan fingerprint density at radius 3 is 2.93 bits per heavy atom. The molecule has 1 aliphatic heterocycles. The van der Waals surface area contributed by atoms with E-state index in [-0.39, 0.29) is 23.8 Å². The Kier molecular flexibility index (Phi) is 3.77. The van der Waals surface area contributed by atoms with Crippen molar-refractivity contribution < 1.29 is 9.18 Å². The van der Waals surface area contributed by atoms with E-state index < -0.39 is 0 Å². The first-order chi connectivity index (χ1) is 13.2. The zero-order valence-corrected chi connectivity index (χ0v) is 14.7. The van der Waals surface area contributed by atoms with E-state index in [0.29, 0.717) is 11.2 Å². The van der Waals surface area contributed by atoms with Crippen molar-refractivity contribution in [2.75, 3.05) is 11.4 Å². The van der Waals surface area contributed by atoms with E-state index in [1.54, 1.807) is 16.9 Å². The summed E-state index contributed by atoms with van der Waals surface area (Å²) in [6, 6.07) is 3.71. The Morgan fingerprint density at radius 1 is 1.22 bits per heavy atom. The fraction of sp³-hybridized carbons (Fsp3) is 0.368. The van der Waals surface area contributed by atoms with Gasteiger partial charge >= 0.3 is 0 Å². The maximum Gasteiger partial charge on any atom is 0.256 e. The van der Waals surface area contributed by atoms with Crippen LogP contribution in [-0.4, -0.2) is 38.1 Å². The Bertz CT molecular complexity index is 1010. The summed E-state index contributed by atoms with van der Waals surface area (Å²) < 4.78 is 15.2. The largest absolute Gasteiger partial charge is 0.349 e. The van der Waals surface area contributed by atoms with Crippen LogP contribution in [0, 0.1) is 5.82 Å². The summed E-state index contributed by atoms with van der Waals surface area (Å²) in [5.74, 6) is 0.289. The average Bonchev–Trinajstić information content (AvgIpc) is 3.20. The normalized spacial score (nSPS) is 19.6. The van der Waals surface area contributed by atoms with Crippen LogP contribution in [0.5, 0.6) is 0 Å². The van der Waals surface area contributed by atoms with Gasteiger partial charge in [-0.15, -0.1) is 0 Å². The highest BCUT2D eigenvalue weighted by Gasteiger charge is 2.29. The van der Waals surface area contributed by atoms with Crippen molar-refractivity contribution in [3.63, 3.8) is 0 Å². The molecule has 1 amide bonds.